The number of rotatable bonds is 8. The lowest BCUT2D eigenvalue weighted by Crippen LogP contribution is -2.41. The molecule has 1 N–H and O–H groups in total. The van der Waals surface area contributed by atoms with E-state index in [4.69, 9.17) is 4.74 Å². The molecule has 0 aromatic rings. The van der Waals surface area contributed by atoms with E-state index in [1.165, 1.54) is 0 Å². The number of carbonyl (C=O) groups is 1. The molecule has 96 valence electrons. The third-order valence-electron chi connectivity index (χ3n) is 2.39. The van der Waals surface area contributed by atoms with Gasteiger partial charge in [-0.05, 0) is 33.9 Å². The van der Waals surface area contributed by atoms with Gasteiger partial charge >= 0.3 is 5.97 Å². The number of nitrogens with one attached hydrogen (secondary N) is 1. The van der Waals surface area contributed by atoms with Crippen LogP contribution in [0.4, 0.5) is 0 Å². The SMILES string of the molecule is CCN(CC)CC(C)NCC(=O)OC(C)C. The lowest BCUT2D eigenvalue weighted by molar-refractivity contribution is -0.146. The topological polar surface area (TPSA) is 41.6 Å². The summed E-state index contributed by atoms with van der Waals surface area (Å²) in [5, 5.41) is 3.17. The average Bonchev–Trinajstić information content (AvgIpc) is 2.22. The van der Waals surface area contributed by atoms with Crippen LogP contribution in [0.5, 0.6) is 0 Å². The predicted molar refractivity (Wildman–Crippen MR) is 66.5 cm³/mol. The first-order valence-corrected chi connectivity index (χ1v) is 6.14. The molecule has 4 heteroatoms. The minimum Gasteiger partial charge on any atom is -0.462 e. The van der Waals surface area contributed by atoms with Gasteiger partial charge in [-0.15, -0.1) is 0 Å². The molecule has 0 aliphatic carbocycles. The van der Waals surface area contributed by atoms with Gasteiger partial charge in [0.1, 0.15) is 0 Å². The second-order valence-corrected chi connectivity index (χ2v) is 4.31. The molecule has 0 rings (SSSR count). The Hall–Kier alpha value is -0.610. The Morgan fingerprint density at radius 1 is 1.25 bits per heavy atom. The van der Waals surface area contributed by atoms with Gasteiger partial charge in [-0.2, -0.15) is 0 Å². The van der Waals surface area contributed by atoms with E-state index in [2.05, 4.69) is 31.0 Å². The van der Waals surface area contributed by atoms with E-state index in [0.717, 1.165) is 19.6 Å². The molecule has 0 aromatic carbocycles. The van der Waals surface area contributed by atoms with Crippen LogP contribution in [-0.2, 0) is 9.53 Å². The molecule has 0 saturated carbocycles. The van der Waals surface area contributed by atoms with Crippen molar-refractivity contribution in [1.29, 1.82) is 0 Å². The second kappa shape index (κ2) is 8.53. The minimum absolute atomic E-state index is 0.0348. The quantitative estimate of drug-likeness (QED) is 0.637. The number of likely N-dealkylation sites (N-methyl/N-ethyl adjacent to an activating group) is 1. The van der Waals surface area contributed by atoms with Gasteiger partial charge in [-0.25, -0.2) is 0 Å². The molecule has 1 unspecified atom stereocenters. The molecule has 16 heavy (non-hydrogen) atoms. The van der Waals surface area contributed by atoms with Crippen molar-refractivity contribution in [3.8, 4) is 0 Å². The lowest BCUT2D eigenvalue weighted by atomic mass is 10.3. The summed E-state index contributed by atoms with van der Waals surface area (Å²) < 4.78 is 5.04. The van der Waals surface area contributed by atoms with Crippen LogP contribution in [0.15, 0.2) is 0 Å². The minimum atomic E-state index is -0.179. The molecule has 0 radical (unpaired) electrons. The van der Waals surface area contributed by atoms with Crippen LogP contribution >= 0.6 is 0 Å². The van der Waals surface area contributed by atoms with Gasteiger partial charge in [-0.1, -0.05) is 13.8 Å². The summed E-state index contributed by atoms with van der Waals surface area (Å²) in [5.74, 6) is -0.179. The Bertz CT molecular complexity index is 191. The molecule has 0 spiro atoms. The standard InChI is InChI=1S/C12H26N2O2/c1-6-14(7-2)9-11(5)13-8-12(15)16-10(3)4/h10-11,13H,6-9H2,1-5H3. The van der Waals surface area contributed by atoms with Crippen LogP contribution in [0, 0.1) is 0 Å². The Balaban J connectivity index is 3.71. The number of carbonyl (C=O) groups excluding carboxylic acids is 1. The first kappa shape index (κ1) is 15.4. The number of hydrogen-bond acceptors (Lipinski definition) is 4. The first-order chi connectivity index (χ1) is 7.49. The van der Waals surface area contributed by atoms with Gasteiger partial charge in [0.05, 0.1) is 12.6 Å². The third kappa shape index (κ3) is 7.65. The Morgan fingerprint density at radius 3 is 2.25 bits per heavy atom. The fourth-order valence-electron chi connectivity index (χ4n) is 1.50. The van der Waals surface area contributed by atoms with E-state index < -0.39 is 0 Å². The zero-order valence-electron chi connectivity index (χ0n) is 11.2. The molecule has 0 aromatic heterocycles. The monoisotopic (exact) mass is 230 g/mol. The molecule has 0 bridgehead atoms. The lowest BCUT2D eigenvalue weighted by Gasteiger charge is -2.23. The summed E-state index contributed by atoms with van der Waals surface area (Å²) in [5.41, 5.74) is 0. The maximum absolute atomic E-state index is 11.3. The fraction of sp³-hybridized carbons (Fsp3) is 0.917. The number of esters is 1. The number of hydrogen-bond donors (Lipinski definition) is 1. The van der Waals surface area contributed by atoms with Crippen molar-refractivity contribution in [3.05, 3.63) is 0 Å². The number of ether oxygens (including phenoxy) is 1. The van der Waals surface area contributed by atoms with Gasteiger partial charge in [0.15, 0.2) is 0 Å². The molecule has 0 aliphatic heterocycles. The molecule has 0 amide bonds. The fourth-order valence-corrected chi connectivity index (χ4v) is 1.50. The molecule has 0 saturated heterocycles. The molecular weight excluding hydrogens is 204 g/mol. The molecule has 0 aliphatic rings. The van der Waals surface area contributed by atoms with Crippen molar-refractivity contribution in [2.45, 2.75) is 46.8 Å². The summed E-state index contributed by atoms with van der Waals surface area (Å²) in [4.78, 5) is 13.6. The maximum atomic E-state index is 11.3. The van der Waals surface area contributed by atoms with Crippen LogP contribution in [0.3, 0.4) is 0 Å². The highest BCUT2D eigenvalue weighted by atomic mass is 16.5. The van der Waals surface area contributed by atoms with Crippen LogP contribution < -0.4 is 5.32 Å². The zero-order chi connectivity index (χ0) is 12.6. The van der Waals surface area contributed by atoms with Crippen molar-refractivity contribution in [1.82, 2.24) is 10.2 Å². The van der Waals surface area contributed by atoms with E-state index in [1.807, 2.05) is 13.8 Å². The van der Waals surface area contributed by atoms with Crippen molar-refractivity contribution >= 4 is 5.97 Å². The average molecular weight is 230 g/mol. The van der Waals surface area contributed by atoms with Crippen molar-refractivity contribution in [2.24, 2.45) is 0 Å². The summed E-state index contributed by atoms with van der Waals surface area (Å²) >= 11 is 0. The van der Waals surface area contributed by atoms with E-state index >= 15 is 0 Å². The van der Waals surface area contributed by atoms with E-state index in [9.17, 15) is 4.79 Å². The van der Waals surface area contributed by atoms with Gasteiger partial charge in [0.25, 0.3) is 0 Å². The zero-order valence-corrected chi connectivity index (χ0v) is 11.2. The van der Waals surface area contributed by atoms with Crippen LogP contribution in [0.2, 0.25) is 0 Å². The Labute approximate surface area is 99.3 Å². The van der Waals surface area contributed by atoms with Crippen molar-refractivity contribution < 1.29 is 9.53 Å². The van der Waals surface area contributed by atoms with Gasteiger partial charge in [0.2, 0.25) is 0 Å². The van der Waals surface area contributed by atoms with E-state index in [1.54, 1.807) is 0 Å². The smallest absolute Gasteiger partial charge is 0.320 e. The van der Waals surface area contributed by atoms with Gasteiger partial charge < -0.3 is 15.0 Å². The van der Waals surface area contributed by atoms with Gasteiger partial charge in [0, 0.05) is 12.6 Å². The van der Waals surface area contributed by atoms with E-state index in [-0.39, 0.29) is 12.1 Å². The Morgan fingerprint density at radius 2 is 1.81 bits per heavy atom. The van der Waals surface area contributed by atoms with Crippen molar-refractivity contribution in [2.75, 3.05) is 26.2 Å². The normalized spacial score (nSPS) is 13.2. The van der Waals surface area contributed by atoms with Crippen LogP contribution in [0.1, 0.15) is 34.6 Å². The van der Waals surface area contributed by atoms with E-state index in [0.29, 0.717) is 12.6 Å². The molecule has 1 atom stereocenters. The molecule has 0 heterocycles. The van der Waals surface area contributed by atoms with Crippen molar-refractivity contribution in [3.63, 3.8) is 0 Å². The van der Waals surface area contributed by atoms with Gasteiger partial charge in [-0.3, -0.25) is 4.79 Å². The largest absolute Gasteiger partial charge is 0.462 e. The summed E-state index contributed by atoms with van der Waals surface area (Å²) in [6.07, 6.45) is -0.0348. The predicted octanol–water partition coefficient (Wildman–Crippen LogP) is 1.26. The highest BCUT2D eigenvalue weighted by molar-refractivity contribution is 5.71. The maximum Gasteiger partial charge on any atom is 0.320 e. The Kier molecular flexibility index (Phi) is 8.21. The van der Waals surface area contributed by atoms with Crippen LogP contribution in [0.25, 0.3) is 0 Å². The highest BCUT2D eigenvalue weighted by Crippen LogP contribution is 1.92. The summed E-state index contributed by atoms with van der Waals surface area (Å²) in [7, 11) is 0. The second-order valence-electron chi connectivity index (χ2n) is 4.31. The molecular formula is C12H26N2O2. The molecule has 4 nitrogen and oxygen atoms in total. The number of nitrogens with zero attached hydrogens (tertiary/aromatic N) is 1. The summed E-state index contributed by atoms with van der Waals surface area (Å²) in [6, 6.07) is 0.305. The highest BCUT2D eigenvalue weighted by Gasteiger charge is 2.10. The first-order valence-electron chi connectivity index (χ1n) is 6.14. The summed E-state index contributed by atoms with van der Waals surface area (Å²) in [6.45, 7) is 13.4. The third-order valence-corrected chi connectivity index (χ3v) is 2.39. The molecule has 0 fully saturated rings. The van der Waals surface area contributed by atoms with Crippen LogP contribution in [-0.4, -0.2) is 49.2 Å².